The molecule has 0 heterocycles. The number of esters is 1. The summed E-state index contributed by atoms with van der Waals surface area (Å²) < 4.78 is 18.2. The minimum absolute atomic E-state index is 0.0364. The van der Waals surface area contributed by atoms with Crippen LogP contribution in [0.2, 0.25) is 0 Å². The van der Waals surface area contributed by atoms with E-state index in [2.05, 4.69) is 0 Å². The van der Waals surface area contributed by atoms with Gasteiger partial charge in [-0.2, -0.15) is 0 Å². The largest absolute Gasteiger partial charge is 0.460 e. The molecule has 0 amide bonds. The van der Waals surface area contributed by atoms with Crippen LogP contribution in [0.25, 0.3) is 0 Å². The summed E-state index contributed by atoms with van der Waals surface area (Å²) in [5.74, 6) is -0.0604. The highest BCUT2D eigenvalue weighted by Crippen LogP contribution is 2.38. The maximum absolute atomic E-state index is 13.1. The van der Waals surface area contributed by atoms with E-state index >= 15 is 0 Å². The van der Waals surface area contributed by atoms with E-state index in [1.165, 1.54) is 6.07 Å². The minimum Gasteiger partial charge on any atom is -0.460 e. The molecule has 2 nitrogen and oxygen atoms in total. The van der Waals surface area contributed by atoms with Gasteiger partial charge in [0.25, 0.3) is 0 Å². The molecule has 1 aliphatic rings. The average Bonchev–Trinajstić information content (AvgIpc) is 2.94. The van der Waals surface area contributed by atoms with E-state index in [1.54, 1.807) is 18.2 Å². The van der Waals surface area contributed by atoms with E-state index in [1.807, 2.05) is 6.92 Å². The zero-order valence-corrected chi connectivity index (χ0v) is 8.57. The summed E-state index contributed by atoms with van der Waals surface area (Å²) in [6.45, 7) is 2.05. The standard InChI is InChI=1S/C12H13FO2/c1-8-6-10(8)12(14)15-7-9-4-2-3-5-11(9)13/h2-5,8,10H,6-7H2,1H3. The number of hydrogen-bond donors (Lipinski definition) is 0. The van der Waals surface area contributed by atoms with Crippen LogP contribution in [0.4, 0.5) is 4.39 Å². The number of carbonyl (C=O) groups excluding carboxylic acids is 1. The Kier molecular flexibility index (Phi) is 2.71. The summed E-state index contributed by atoms with van der Waals surface area (Å²) in [4.78, 5) is 11.4. The van der Waals surface area contributed by atoms with Crippen molar-refractivity contribution in [3.63, 3.8) is 0 Å². The third kappa shape index (κ3) is 2.35. The molecule has 0 spiro atoms. The van der Waals surface area contributed by atoms with Crippen LogP contribution in [0.1, 0.15) is 18.9 Å². The Morgan fingerprint density at radius 2 is 2.20 bits per heavy atom. The highest BCUT2D eigenvalue weighted by atomic mass is 19.1. The van der Waals surface area contributed by atoms with Gasteiger partial charge in [0.2, 0.25) is 0 Å². The lowest BCUT2D eigenvalue weighted by Gasteiger charge is -2.04. The van der Waals surface area contributed by atoms with E-state index in [4.69, 9.17) is 4.74 Å². The predicted molar refractivity (Wildman–Crippen MR) is 53.5 cm³/mol. The Bertz CT molecular complexity index is 376. The van der Waals surface area contributed by atoms with Gasteiger partial charge in [-0.25, -0.2) is 4.39 Å². The fourth-order valence-corrected chi connectivity index (χ4v) is 1.52. The molecule has 2 unspecified atom stereocenters. The summed E-state index contributed by atoms with van der Waals surface area (Å²) in [6.07, 6.45) is 0.899. The van der Waals surface area contributed by atoms with Crippen molar-refractivity contribution in [2.45, 2.75) is 20.0 Å². The molecule has 15 heavy (non-hydrogen) atoms. The summed E-state index contributed by atoms with van der Waals surface area (Å²) >= 11 is 0. The van der Waals surface area contributed by atoms with Crippen LogP contribution in [0.5, 0.6) is 0 Å². The molecule has 0 saturated heterocycles. The molecule has 80 valence electrons. The number of benzene rings is 1. The Labute approximate surface area is 88.1 Å². The normalized spacial score (nSPS) is 23.6. The SMILES string of the molecule is CC1CC1C(=O)OCc1ccccc1F. The molecule has 1 saturated carbocycles. The number of carbonyl (C=O) groups is 1. The molecular formula is C12H13FO2. The van der Waals surface area contributed by atoms with Crippen LogP contribution >= 0.6 is 0 Å². The van der Waals surface area contributed by atoms with Gasteiger partial charge in [-0.3, -0.25) is 4.79 Å². The first-order chi connectivity index (χ1) is 7.18. The van der Waals surface area contributed by atoms with Crippen molar-refractivity contribution >= 4 is 5.97 Å². The fourth-order valence-electron chi connectivity index (χ4n) is 1.52. The lowest BCUT2D eigenvalue weighted by molar-refractivity contribution is -0.146. The smallest absolute Gasteiger partial charge is 0.309 e. The second kappa shape index (κ2) is 4.01. The zero-order chi connectivity index (χ0) is 10.8. The van der Waals surface area contributed by atoms with E-state index in [0.717, 1.165) is 6.42 Å². The highest BCUT2D eigenvalue weighted by molar-refractivity contribution is 5.75. The lowest BCUT2D eigenvalue weighted by Crippen LogP contribution is -2.08. The van der Waals surface area contributed by atoms with Gasteiger partial charge >= 0.3 is 5.97 Å². The molecule has 2 atom stereocenters. The van der Waals surface area contributed by atoms with E-state index in [9.17, 15) is 9.18 Å². The van der Waals surface area contributed by atoms with Crippen molar-refractivity contribution in [2.24, 2.45) is 11.8 Å². The first-order valence-corrected chi connectivity index (χ1v) is 5.08. The third-order valence-corrected chi connectivity index (χ3v) is 2.74. The quantitative estimate of drug-likeness (QED) is 0.713. The van der Waals surface area contributed by atoms with Gasteiger partial charge in [0, 0.05) is 5.56 Å². The number of hydrogen-bond acceptors (Lipinski definition) is 2. The van der Waals surface area contributed by atoms with Crippen molar-refractivity contribution in [3.8, 4) is 0 Å². The fraction of sp³-hybridized carbons (Fsp3) is 0.417. The molecule has 0 aliphatic heterocycles. The topological polar surface area (TPSA) is 26.3 Å². The van der Waals surface area contributed by atoms with Gasteiger partial charge in [0.15, 0.2) is 0 Å². The Balaban J connectivity index is 1.88. The number of rotatable bonds is 3. The second-order valence-corrected chi connectivity index (χ2v) is 4.02. The summed E-state index contributed by atoms with van der Waals surface area (Å²) in [5.41, 5.74) is 0.430. The first kappa shape index (κ1) is 10.1. The van der Waals surface area contributed by atoms with Crippen molar-refractivity contribution in [3.05, 3.63) is 35.6 Å². The van der Waals surface area contributed by atoms with Gasteiger partial charge in [-0.05, 0) is 18.4 Å². The Morgan fingerprint density at radius 3 is 2.80 bits per heavy atom. The minimum atomic E-state index is -0.325. The molecule has 3 heteroatoms. The molecule has 0 radical (unpaired) electrons. The summed E-state index contributed by atoms with van der Waals surface area (Å²) in [6, 6.07) is 6.33. The van der Waals surface area contributed by atoms with Gasteiger partial charge in [-0.15, -0.1) is 0 Å². The molecule has 1 aromatic carbocycles. The molecule has 0 N–H and O–H groups in total. The third-order valence-electron chi connectivity index (χ3n) is 2.74. The van der Waals surface area contributed by atoms with E-state index < -0.39 is 0 Å². The predicted octanol–water partition coefficient (Wildman–Crippen LogP) is 2.52. The zero-order valence-electron chi connectivity index (χ0n) is 8.57. The van der Waals surface area contributed by atoms with Crippen molar-refractivity contribution in [1.82, 2.24) is 0 Å². The summed E-state index contributed by atoms with van der Waals surface area (Å²) in [7, 11) is 0. The molecule has 2 rings (SSSR count). The van der Waals surface area contributed by atoms with Crippen molar-refractivity contribution in [2.75, 3.05) is 0 Å². The van der Waals surface area contributed by atoms with Crippen LogP contribution < -0.4 is 0 Å². The second-order valence-electron chi connectivity index (χ2n) is 4.02. The summed E-state index contributed by atoms with van der Waals surface area (Å²) in [5, 5.41) is 0. The molecule has 0 aromatic heterocycles. The van der Waals surface area contributed by atoms with Crippen LogP contribution in [-0.4, -0.2) is 5.97 Å². The number of ether oxygens (including phenoxy) is 1. The van der Waals surface area contributed by atoms with E-state index in [-0.39, 0.29) is 24.3 Å². The van der Waals surface area contributed by atoms with Gasteiger partial charge in [-0.1, -0.05) is 25.1 Å². The molecular weight excluding hydrogens is 195 g/mol. The van der Waals surface area contributed by atoms with E-state index in [0.29, 0.717) is 11.5 Å². The van der Waals surface area contributed by atoms with Crippen LogP contribution in [0.15, 0.2) is 24.3 Å². The Hall–Kier alpha value is -1.38. The maximum atomic E-state index is 13.1. The van der Waals surface area contributed by atoms with Crippen LogP contribution in [0, 0.1) is 17.7 Å². The van der Waals surface area contributed by atoms with Gasteiger partial charge in [0.1, 0.15) is 12.4 Å². The van der Waals surface area contributed by atoms with Gasteiger partial charge in [0.05, 0.1) is 5.92 Å². The molecule has 1 fully saturated rings. The van der Waals surface area contributed by atoms with Gasteiger partial charge < -0.3 is 4.74 Å². The lowest BCUT2D eigenvalue weighted by atomic mass is 10.2. The molecule has 1 aromatic rings. The Morgan fingerprint density at radius 1 is 1.53 bits per heavy atom. The van der Waals surface area contributed by atoms with Crippen LogP contribution in [-0.2, 0) is 16.1 Å². The first-order valence-electron chi connectivity index (χ1n) is 5.08. The monoisotopic (exact) mass is 208 g/mol. The number of halogens is 1. The highest BCUT2D eigenvalue weighted by Gasteiger charge is 2.40. The maximum Gasteiger partial charge on any atom is 0.309 e. The average molecular weight is 208 g/mol. The van der Waals surface area contributed by atoms with Crippen molar-refractivity contribution in [1.29, 1.82) is 0 Å². The van der Waals surface area contributed by atoms with Crippen molar-refractivity contribution < 1.29 is 13.9 Å². The van der Waals surface area contributed by atoms with Crippen LogP contribution in [0.3, 0.4) is 0 Å². The molecule has 1 aliphatic carbocycles. The molecule has 0 bridgehead atoms.